The zero-order valence-electron chi connectivity index (χ0n) is 11.4. The number of aliphatic hydroxyl groups excluding tert-OH is 1. The van der Waals surface area contributed by atoms with Gasteiger partial charge in [0.05, 0.1) is 6.61 Å². The minimum atomic E-state index is 0.0236. The fourth-order valence-electron chi connectivity index (χ4n) is 3.30. The van der Waals surface area contributed by atoms with Crippen molar-refractivity contribution in [3.8, 4) is 0 Å². The Kier molecular flexibility index (Phi) is 3.87. The van der Waals surface area contributed by atoms with Gasteiger partial charge >= 0.3 is 0 Å². The van der Waals surface area contributed by atoms with Crippen LogP contribution < -0.4 is 5.32 Å². The van der Waals surface area contributed by atoms with Gasteiger partial charge in [-0.15, -0.1) is 0 Å². The van der Waals surface area contributed by atoms with E-state index in [4.69, 9.17) is 4.74 Å². The van der Waals surface area contributed by atoms with Crippen LogP contribution in [0.1, 0.15) is 36.4 Å². The minimum absolute atomic E-state index is 0.0236. The van der Waals surface area contributed by atoms with Crippen LogP contribution in [0.2, 0.25) is 0 Å². The average molecular weight is 261 g/mol. The normalized spacial score (nSPS) is 25.2. The van der Waals surface area contributed by atoms with Crippen molar-refractivity contribution in [3.05, 3.63) is 35.4 Å². The van der Waals surface area contributed by atoms with E-state index in [9.17, 15) is 5.11 Å². The van der Waals surface area contributed by atoms with Gasteiger partial charge in [0.1, 0.15) is 0 Å². The van der Waals surface area contributed by atoms with Gasteiger partial charge in [-0.2, -0.15) is 0 Å². The molecular formula is C16H23NO2. The van der Waals surface area contributed by atoms with Crippen molar-refractivity contribution in [2.24, 2.45) is 5.41 Å². The molecule has 0 saturated carbocycles. The van der Waals surface area contributed by atoms with Crippen LogP contribution in [0.5, 0.6) is 0 Å². The fourth-order valence-corrected chi connectivity index (χ4v) is 3.30. The molecule has 104 valence electrons. The number of rotatable bonds is 4. The number of aryl methyl sites for hydroxylation is 1. The Bertz CT molecular complexity index is 427. The van der Waals surface area contributed by atoms with E-state index in [1.807, 2.05) is 0 Å². The molecule has 3 heteroatoms. The van der Waals surface area contributed by atoms with Crippen LogP contribution >= 0.6 is 0 Å². The molecule has 0 amide bonds. The highest BCUT2D eigenvalue weighted by atomic mass is 16.5. The van der Waals surface area contributed by atoms with Gasteiger partial charge in [-0.1, -0.05) is 24.3 Å². The Labute approximate surface area is 115 Å². The van der Waals surface area contributed by atoms with Crippen molar-refractivity contribution >= 4 is 0 Å². The average Bonchev–Trinajstić information content (AvgIpc) is 2.89. The van der Waals surface area contributed by atoms with Crippen LogP contribution in [0.4, 0.5) is 0 Å². The van der Waals surface area contributed by atoms with Crippen LogP contribution in [0.25, 0.3) is 0 Å². The summed E-state index contributed by atoms with van der Waals surface area (Å²) >= 11 is 0. The van der Waals surface area contributed by atoms with Crippen molar-refractivity contribution in [2.45, 2.75) is 31.7 Å². The summed E-state index contributed by atoms with van der Waals surface area (Å²) in [7, 11) is 0. The number of aliphatic hydroxyl groups is 1. The van der Waals surface area contributed by atoms with Crippen LogP contribution in [0, 0.1) is 5.41 Å². The first kappa shape index (κ1) is 13.1. The van der Waals surface area contributed by atoms with Crippen molar-refractivity contribution in [1.29, 1.82) is 0 Å². The predicted molar refractivity (Wildman–Crippen MR) is 75.1 cm³/mol. The van der Waals surface area contributed by atoms with E-state index < -0.39 is 0 Å². The maximum absolute atomic E-state index is 9.72. The van der Waals surface area contributed by atoms with Gasteiger partial charge in [0, 0.05) is 31.2 Å². The molecule has 1 aliphatic heterocycles. The number of hydrogen-bond acceptors (Lipinski definition) is 3. The summed E-state index contributed by atoms with van der Waals surface area (Å²) in [6.45, 7) is 2.72. The quantitative estimate of drug-likeness (QED) is 0.871. The number of fused-ring (bicyclic) bond motifs is 1. The summed E-state index contributed by atoms with van der Waals surface area (Å²) in [6, 6.07) is 9.16. The molecule has 19 heavy (non-hydrogen) atoms. The first-order chi connectivity index (χ1) is 9.33. The monoisotopic (exact) mass is 261 g/mol. The van der Waals surface area contributed by atoms with Gasteiger partial charge in [0.15, 0.2) is 0 Å². The highest BCUT2D eigenvalue weighted by Gasteiger charge is 2.33. The molecule has 1 unspecified atom stereocenters. The van der Waals surface area contributed by atoms with Crippen molar-refractivity contribution < 1.29 is 9.84 Å². The molecule has 0 radical (unpaired) electrons. The van der Waals surface area contributed by atoms with Gasteiger partial charge in [-0.3, -0.25) is 0 Å². The molecule has 3 rings (SSSR count). The second-order valence-electron chi connectivity index (χ2n) is 5.94. The van der Waals surface area contributed by atoms with Crippen LogP contribution in [0.15, 0.2) is 24.3 Å². The zero-order valence-corrected chi connectivity index (χ0v) is 11.4. The lowest BCUT2D eigenvalue weighted by Crippen LogP contribution is -2.42. The highest BCUT2D eigenvalue weighted by Crippen LogP contribution is 2.34. The van der Waals surface area contributed by atoms with Gasteiger partial charge < -0.3 is 15.2 Å². The highest BCUT2D eigenvalue weighted by molar-refractivity contribution is 5.34. The van der Waals surface area contributed by atoms with Crippen molar-refractivity contribution in [1.82, 2.24) is 5.32 Å². The van der Waals surface area contributed by atoms with E-state index in [0.717, 1.165) is 32.6 Å². The summed E-state index contributed by atoms with van der Waals surface area (Å²) in [5.41, 5.74) is 2.95. The van der Waals surface area contributed by atoms with E-state index in [-0.39, 0.29) is 12.0 Å². The van der Waals surface area contributed by atoms with Crippen LogP contribution in [-0.2, 0) is 11.2 Å². The Morgan fingerprint density at radius 1 is 1.26 bits per heavy atom. The molecule has 1 atom stereocenters. The molecule has 0 bridgehead atoms. The summed E-state index contributed by atoms with van der Waals surface area (Å²) < 4.78 is 5.42. The molecule has 1 fully saturated rings. The Morgan fingerprint density at radius 2 is 2.05 bits per heavy atom. The maximum atomic E-state index is 9.72. The third-order valence-electron chi connectivity index (χ3n) is 4.75. The van der Waals surface area contributed by atoms with Gasteiger partial charge in [-0.25, -0.2) is 0 Å². The fraction of sp³-hybridized carbons (Fsp3) is 0.625. The summed E-state index contributed by atoms with van der Waals surface area (Å²) in [5.74, 6) is 0. The lowest BCUT2D eigenvalue weighted by atomic mass is 9.80. The molecule has 1 aliphatic carbocycles. The summed E-state index contributed by atoms with van der Waals surface area (Å²) in [4.78, 5) is 0. The van der Waals surface area contributed by atoms with Crippen LogP contribution in [0.3, 0.4) is 0 Å². The number of ether oxygens (including phenoxy) is 1. The predicted octanol–water partition coefficient (Wildman–Crippen LogP) is 2.05. The first-order valence-corrected chi connectivity index (χ1v) is 7.33. The van der Waals surface area contributed by atoms with Gasteiger partial charge in [-0.05, 0) is 36.8 Å². The second kappa shape index (κ2) is 5.61. The number of nitrogens with one attached hydrogen (secondary N) is 1. The molecule has 0 aromatic heterocycles. The molecule has 2 aliphatic rings. The standard InChI is InChI=1S/C16H23NO2/c18-12-16(7-9-19-10-8-16)11-17-15-6-5-13-3-1-2-4-14(13)15/h1-4,15,17-18H,5-12H2. The smallest absolute Gasteiger partial charge is 0.0501 e. The summed E-state index contributed by atoms with van der Waals surface area (Å²) in [5, 5.41) is 13.4. The van der Waals surface area contributed by atoms with E-state index in [1.165, 1.54) is 24.0 Å². The summed E-state index contributed by atoms with van der Waals surface area (Å²) in [6.07, 6.45) is 4.27. The van der Waals surface area contributed by atoms with E-state index in [0.29, 0.717) is 6.04 Å². The van der Waals surface area contributed by atoms with Crippen molar-refractivity contribution in [3.63, 3.8) is 0 Å². The molecule has 1 heterocycles. The van der Waals surface area contributed by atoms with Gasteiger partial charge in [0.2, 0.25) is 0 Å². The third kappa shape index (κ3) is 2.69. The van der Waals surface area contributed by atoms with E-state index in [2.05, 4.69) is 29.6 Å². The SMILES string of the molecule is OCC1(CNC2CCc3ccccc32)CCOCC1. The Balaban J connectivity index is 1.63. The largest absolute Gasteiger partial charge is 0.396 e. The zero-order chi connectivity index (χ0) is 13.1. The topological polar surface area (TPSA) is 41.5 Å². The second-order valence-corrected chi connectivity index (χ2v) is 5.94. The Morgan fingerprint density at radius 3 is 2.84 bits per heavy atom. The van der Waals surface area contributed by atoms with Crippen LogP contribution in [-0.4, -0.2) is 31.5 Å². The molecule has 1 aromatic rings. The molecule has 2 N–H and O–H groups in total. The third-order valence-corrected chi connectivity index (χ3v) is 4.75. The molecular weight excluding hydrogens is 238 g/mol. The van der Waals surface area contributed by atoms with E-state index >= 15 is 0 Å². The molecule has 0 spiro atoms. The lowest BCUT2D eigenvalue weighted by molar-refractivity contribution is -0.0165. The first-order valence-electron chi connectivity index (χ1n) is 7.33. The maximum Gasteiger partial charge on any atom is 0.0501 e. The van der Waals surface area contributed by atoms with E-state index in [1.54, 1.807) is 0 Å². The molecule has 1 aromatic carbocycles. The lowest BCUT2D eigenvalue weighted by Gasteiger charge is -2.36. The van der Waals surface area contributed by atoms with Crippen molar-refractivity contribution in [2.75, 3.05) is 26.4 Å². The number of hydrogen-bond donors (Lipinski definition) is 2. The Hall–Kier alpha value is -0.900. The molecule has 1 saturated heterocycles. The minimum Gasteiger partial charge on any atom is -0.396 e. The van der Waals surface area contributed by atoms with Gasteiger partial charge in [0.25, 0.3) is 0 Å². The number of benzene rings is 1. The molecule has 3 nitrogen and oxygen atoms in total.